The lowest BCUT2D eigenvalue weighted by atomic mass is 9.92. The van der Waals surface area contributed by atoms with E-state index in [2.05, 4.69) is 41.3 Å². The highest BCUT2D eigenvalue weighted by atomic mass is 32.2. The van der Waals surface area contributed by atoms with Crippen molar-refractivity contribution in [2.24, 2.45) is 0 Å². The number of carbonyl (C=O) groups is 1. The highest BCUT2D eigenvalue weighted by Crippen LogP contribution is 2.31. The predicted octanol–water partition coefficient (Wildman–Crippen LogP) is 2.76. The van der Waals surface area contributed by atoms with Crippen LogP contribution >= 0.6 is 0 Å². The van der Waals surface area contributed by atoms with Gasteiger partial charge in [0, 0.05) is 11.8 Å². The SMILES string of the molecule is CC(C)(NC(=O)c1ccc(F)c(S(=O)(=O)Cc2ncon2)c1)c1cn([C@H]2CCCc3cccnc32)nn1. The number of halogens is 1. The van der Waals surface area contributed by atoms with Crippen LogP contribution in [0.25, 0.3) is 0 Å². The maximum absolute atomic E-state index is 14.4. The average Bonchev–Trinajstić information content (AvgIpc) is 3.56. The Balaban J connectivity index is 1.36. The van der Waals surface area contributed by atoms with Gasteiger partial charge in [-0.3, -0.25) is 9.78 Å². The Morgan fingerprint density at radius 1 is 1.27 bits per heavy atom. The summed E-state index contributed by atoms with van der Waals surface area (Å²) in [7, 11) is -4.17. The molecule has 0 radical (unpaired) electrons. The molecule has 0 aliphatic heterocycles. The van der Waals surface area contributed by atoms with E-state index in [1.54, 1.807) is 30.9 Å². The minimum absolute atomic E-state index is 0.0287. The van der Waals surface area contributed by atoms with Crippen molar-refractivity contribution in [3.8, 4) is 0 Å². The molecular weight excluding hydrogens is 501 g/mol. The lowest BCUT2D eigenvalue weighted by Gasteiger charge is -2.25. The number of benzene rings is 1. The van der Waals surface area contributed by atoms with Crippen molar-refractivity contribution in [2.75, 3.05) is 0 Å². The number of carbonyl (C=O) groups excluding carboxylic acids is 1. The molecule has 1 N–H and O–H groups in total. The molecule has 37 heavy (non-hydrogen) atoms. The standard InChI is InChI=1S/C24H24FN7O4S/c1-24(2,20-12-32(31-29-20)18-7-3-5-15-6-4-10-26-22(15)18)28-23(33)16-8-9-17(25)19(11-16)37(34,35)13-21-27-14-36-30-21/h4,6,8-12,14,18H,3,5,7,13H2,1-2H3,(H,28,33)/t18-/m0/s1. The zero-order valence-corrected chi connectivity index (χ0v) is 20.9. The van der Waals surface area contributed by atoms with Crippen LogP contribution in [0.5, 0.6) is 0 Å². The number of sulfone groups is 1. The molecule has 0 spiro atoms. The Morgan fingerprint density at radius 3 is 2.89 bits per heavy atom. The summed E-state index contributed by atoms with van der Waals surface area (Å²) in [6.45, 7) is 3.51. The van der Waals surface area contributed by atoms with Gasteiger partial charge in [0.05, 0.1) is 23.5 Å². The summed E-state index contributed by atoms with van der Waals surface area (Å²) in [6, 6.07) is 7.09. The monoisotopic (exact) mass is 525 g/mol. The molecule has 192 valence electrons. The first-order valence-corrected chi connectivity index (χ1v) is 13.3. The third-order valence-electron chi connectivity index (χ3n) is 6.32. The van der Waals surface area contributed by atoms with Crippen molar-refractivity contribution in [1.29, 1.82) is 0 Å². The van der Waals surface area contributed by atoms with E-state index in [1.165, 1.54) is 11.6 Å². The van der Waals surface area contributed by atoms with Crippen LogP contribution in [0.15, 0.2) is 58.5 Å². The third kappa shape index (κ3) is 4.99. The minimum Gasteiger partial charge on any atom is -0.343 e. The van der Waals surface area contributed by atoms with E-state index < -0.39 is 37.7 Å². The number of hydrogen-bond acceptors (Lipinski definition) is 9. The molecule has 11 nitrogen and oxygen atoms in total. The second kappa shape index (κ2) is 9.47. The van der Waals surface area contributed by atoms with Gasteiger partial charge in [-0.15, -0.1) is 5.10 Å². The Kier molecular flexibility index (Phi) is 6.31. The molecule has 0 unspecified atom stereocenters. The number of aromatic nitrogens is 6. The van der Waals surface area contributed by atoms with E-state index >= 15 is 0 Å². The van der Waals surface area contributed by atoms with Gasteiger partial charge < -0.3 is 9.84 Å². The second-order valence-corrected chi connectivity index (χ2v) is 11.3. The van der Waals surface area contributed by atoms with Gasteiger partial charge in [-0.05, 0) is 62.9 Å². The number of rotatable bonds is 7. The fourth-order valence-electron chi connectivity index (χ4n) is 4.36. The van der Waals surface area contributed by atoms with Gasteiger partial charge in [0.2, 0.25) is 6.39 Å². The van der Waals surface area contributed by atoms with Crippen LogP contribution in [-0.4, -0.2) is 44.4 Å². The summed E-state index contributed by atoms with van der Waals surface area (Å²) in [4.78, 5) is 20.7. The highest BCUT2D eigenvalue weighted by Gasteiger charge is 2.31. The number of nitrogens with zero attached hydrogens (tertiary/aromatic N) is 6. The topological polar surface area (TPSA) is 146 Å². The summed E-state index contributed by atoms with van der Waals surface area (Å²) >= 11 is 0. The van der Waals surface area contributed by atoms with Crippen molar-refractivity contribution in [3.63, 3.8) is 0 Å². The number of hydrogen-bond donors (Lipinski definition) is 1. The summed E-state index contributed by atoms with van der Waals surface area (Å²) in [6.07, 6.45) is 7.36. The van der Waals surface area contributed by atoms with Crippen LogP contribution in [0.1, 0.15) is 65.9 Å². The lowest BCUT2D eigenvalue weighted by Crippen LogP contribution is -2.41. The van der Waals surface area contributed by atoms with Gasteiger partial charge in [0.1, 0.15) is 22.2 Å². The highest BCUT2D eigenvalue weighted by molar-refractivity contribution is 7.90. The molecule has 13 heteroatoms. The zero-order chi connectivity index (χ0) is 26.2. The Bertz CT molecular complexity index is 1550. The summed E-state index contributed by atoms with van der Waals surface area (Å²) in [5.74, 6) is -2.36. The maximum atomic E-state index is 14.4. The fraction of sp³-hybridized carbons (Fsp3) is 0.333. The van der Waals surface area contributed by atoms with E-state index in [1.807, 2.05) is 6.07 Å². The molecular formula is C24H24FN7O4S. The molecule has 1 aliphatic carbocycles. The molecule has 0 saturated heterocycles. The Labute approximate surface area is 212 Å². The first-order valence-electron chi connectivity index (χ1n) is 11.6. The molecule has 0 saturated carbocycles. The van der Waals surface area contributed by atoms with E-state index in [4.69, 9.17) is 0 Å². The minimum atomic E-state index is -4.17. The molecule has 0 fully saturated rings. The van der Waals surface area contributed by atoms with E-state index in [0.717, 1.165) is 43.5 Å². The van der Waals surface area contributed by atoms with E-state index in [9.17, 15) is 17.6 Å². The van der Waals surface area contributed by atoms with Gasteiger partial charge >= 0.3 is 0 Å². The summed E-state index contributed by atoms with van der Waals surface area (Å²) in [5, 5.41) is 14.9. The van der Waals surface area contributed by atoms with Crippen LogP contribution < -0.4 is 5.32 Å². The first kappa shape index (κ1) is 24.7. The zero-order valence-electron chi connectivity index (χ0n) is 20.1. The van der Waals surface area contributed by atoms with Crippen molar-refractivity contribution >= 4 is 15.7 Å². The number of fused-ring (bicyclic) bond motifs is 1. The van der Waals surface area contributed by atoms with Gasteiger partial charge in [0.15, 0.2) is 15.7 Å². The van der Waals surface area contributed by atoms with Gasteiger partial charge in [-0.25, -0.2) is 17.5 Å². The van der Waals surface area contributed by atoms with E-state index in [0.29, 0.717) is 5.69 Å². The maximum Gasteiger partial charge on any atom is 0.252 e. The number of amides is 1. The molecule has 1 aliphatic rings. The first-order chi connectivity index (χ1) is 17.6. The normalized spacial score (nSPS) is 15.8. The molecule has 3 heterocycles. The second-order valence-electron chi connectivity index (χ2n) is 9.37. The molecule has 1 amide bonds. The number of pyridine rings is 1. The molecule has 5 rings (SSSR count). The summed E-state index contributed by atoms with van der Waals surface area (Å²) < 4.78 is 46.2. The Hall–Kier alpha value is -4.00. The summed E-state index contributed by atoms with van der Waals surface area (Å²) in [5.41, 5.74) is 1.67. The fourth-order valence-corrected chi connectivity index (χ4v) is 5.66. The number of nitrogens with one attached hydrogen (secondary N) is 1. The molecule has 0 bridgehead atoms. The van der Waals surface area contributed by atoms with Gasteiger partial charge in [-0.1, -0.05) is 16.4 Å². The van der Waals surface area contributed by atoms with Crippen molar-refractivity contribution < 1.29 is 22.1 Å². The van der Waals surface area contributed by atoms with Crippen LogP contribution in [0.2, 0.25) is 0 Å². The van der Waals surface area contributed by atoms with Gasteiger partial charge in [0.25, 0.3) is 5.91 Å². The largest absolute Gasteiger partial charge is 0.343 e. The van der Waals surface area contributed by atoms with Crippen LogP contribution in [0.3, 0.4) is 0 Å². The number of aryl methyl sites for hydroxylation is 1. The lowest BCUT2D eigenvalue weighted by molar-refractivity contribution is 0.0910. The quantitative estimate of drug-likeness (QED) is 0.385. The molecule has 3 aromatic heterocycles. The predicted molar refractivity (Wildman–Crippen MR) is 127 cm³/mol. The van der Waals surface area contributed by atoms with Gasteiger partial charge in [-0.2, -0.15) is 4.98 Å². The molecule has 4 aromatic rings. The van der Waals surface area contributed by atoms with Crippen molar-refractivity contribution in [1.82, 2.24) is 35.4 Å². The van der Waals surface area contributed by atoms with Crippen LogP contribution in [-0.2, 0) is 27.5 Å². The van der Waals surface area contributed by atoms with Crippen molar-refractivity contribution in [2.45, 2.75) is 55.3 Å². The Morgan fingerprint density at radius 2 is 2.11 bits per heavy atom. The van der Waals surface area contributed by atoms with Crippen molar-refractivity contribution in [3.05, 3.63) is 83.3 Å². The smallest absolute Gasteiger partial charge is 0.252 e. The van der Waals surface area contributed by atoms with E-state index in [-0.39, 0.29) is 17.4 Å². The third-order valence-corrected chi connectivity index (χ3v) is 7.94. The average molecular weight is 526 g/mol. The molecule has 1 atom stereocenters. The molecule has 1 aromatic carbocycles. The van der Waals surface area contributed by atoms with Crippen LogP contribution in [0, 0.1) is 5.82 Å². The van der Waals surface area contributed by atoms with Crippen LogP contribution in [0.4, 0.5) is 4.39 Å².